The molecule has 0 atom stereocenters. The van der Waals surface area contributed by atoms with Gasteiger partial charge in [-0.15, -0.1) is 0 Å². The highest BCUT2D eigenvalue weighted by molar-refractivity contribution is 7.88. The molecular formula is C10H12N2O4S. The van der Waals surface area contributed by atoms with Crippen LogP contribution in [0.15, 0.2) is 24.3 Å². The van der Waals surface area contributed by atoms with Crippen molar-refractivity contribution in [1.82, 2.24) is 9.03 Å². The summed E-state index contributed by atoms with van der Waals surface area (Å²) in [7, 11) is -2.10. The maximum absolute atomic E-state index is 11.5. The molecule has 92 valence electrons. The molecule has 0 bridgehead atoms. The molecule has 0 aromatic heterocycles. The molecule has 0 radical (unpaired) electrons. The Kier molecular flexibility index (Phi) is 3.03. The summed E-state index contributed by atoms with van der Waals surface area (Å²) in [5.41, 5.74) is 0.728. The molecule has 7 heteroatoms. The van der Waals surface area contributed by atoms with Gasteiger partial charge in [0.1, 0.15) is 5.75 Å². The first-order chi connectivity index (χ1) is 8.03. The molecule has 0 saturated carbocycles. The minimum absolute atomic E-state index is 0.0398. The van der Waals surface area contributed by atoms with Gasteiger partial charge in [0, 0.05) is 0 Å². The Balaban J connectivity index is 2.17. The lowest BCUT2D eigenvalue weighted by Crippen LogP contribution is -2.31. The fourth-order valence-corrected chi connectivity index (χ4v) is 2.64. The summed E-state index contributed by atoms with van der Waals surface area (Å²) in [6, 6.07) is 6.88. The van der Waals surface area contributed by atoms with Crippen LogP contribution in [0.25, 0.3) is 0 Å². The normalized spacial score (nSPS) is 18.4. The van der Waals surface area contributed by atoms with Crippen molar-refractivity contribution in [1.29, 1.82) is 0 Å². The highest BCUT2D eigenvalue weighted by atomic mass is 32.2. The molecule has 1 aromatic rings. The zero-order valence-electron chi connectivity index (χ0n) is 9.21. The summed E-state index contributed by atoms with van der Waals surface area (Å²) in [5.74, 6) is 0.239. The fourth-order valence-electron chi connectivity index (χ4n) is 1.52. The zero-order valence-corrected chi connectivity index (χ0v) is 10.0. The molecule has 1 amide bonds. The number of hydrogen-bond acceptors (Lipinski definition) is 4. The van der Waals surface area contributed by atoms with Gasteiger partial charge < -0.3 is 4.74 Å². The number of rotatable bonds is 3. The molecule has 17 heavy (non-hydrogen) atoms. The Hall–Kier alpha value is -1.60. The van der Waals surface area contributed by atoms with E-state index in [4.69, 9.17) is 4.74 Å². The number of benzene rings is 1. The quantitative estimate of drug-likeness (QED) is 0.817. The third kappa shape index (κ3) is 2.40. The minimum Gasteiger partial charge on any atom is -0.497 e. The third-order valence-corrected chi connectivity index (χ3v) is 3.88. The molecule has 2 rings (SSSR count). The Morgan fingerprint density at radius 2 is 2.00 bits per heavy atom. The minimum atomic E-state index is -3.65. The van der Waals surface area contributed by atoms with Gasteiger partial charge in [0.25, 0.3) is 5.91 Å². The fraction of sp³-hybridized carbons (Fsp3) is 0.300. The van der Waals surface area contributed by atoms with Crippen molar-refractivity contribution in [2.75, 3.05) is 13.7 Å². The van der Waals surface area contributed by atoms with E-state index in [0.717, 1.165) is 9.87 Å². The van der Waals surface area contributed by atoms with Crippen LogP contribution in [0.1, 0.15) is 5.56 Å². The molecule has 1 aromatic carbocycles. The van der Waals surface area contributed by atoms with E-state index >= 15 is 0 Å². The average Bonchev–Trinajstić information content (AvgIpc) is 2.57. The highest BCUT2D eigenvalue weighted by Crippen LogP contribution is 2.16. The predicted molar refractivity (Wildman–Crippen MR) is 60.5 cm³/mol. The van der Waals surface area contributed by atoms with Gasteiger partial charge in [0.2, 0.25) is 0 Å². The molecule has 1 fully saturated rings. The molecule has 0 unspecified atom stereocenters. The van der Waals surface area contributed by atoms with Crippen molar-refractivity contribution in [3.63, 3.8) is 0 Å². The second-order valence-electron chi connectivity index (χ2n) is 3.57. The maximum Gasteiger partial charge on any atom is 0.304 e. The van der Waals surface area contributed by atoms with Crippen LogP contribution in [0.5, 0.6) is 5.75 Å². The van der Waals surface area contributed by atoms with Crippen molar-refractivity contribution in [3.05, 3.63) is 29.8 Å². The van der Waals surface area contributed by atoms with E-state index in [1.165, 1.54) is 0 Å². The standard InChI is InChI=1S/C10H12N2O4S/c1-16-9-4-2-8(3-5-9)7-12-10(13)6-11-17(12,14)15/h2-5,11H,6-7H2,1H3. The lowest BCUT2D eigenvalue weighted by Gasteiger charge is -2.13. The SMILES string of the molecule is COc1ccc(CN2C(=O)CNS2(=O)=O)cc1. The van der Waals surface area contributed by atoms with E-state index in [9.17, 15) is 13.2 Å². The van der Waals surface area contributed by atoms with Crippen LogP contribution in [0.4, 0.5) is 0 Å². The summed E-state index contributed by atoms with van der Waals surface area (Å²) in [4.78, 5) is 11.4. The second-order valence-corrected chi connectivity index (χ2v) is 5.25. The van der Waals surface area contributed by atoms with Gasteiger partial charge in [-0.05, 0) is 17.7 Å². The smallest absolute Gasteiger partial charge is 0.304 e. The van der Waals surface area contributed by atoms with Crippen molar-refractivity contribution in [2.24, 2.45) is 0 Å². The zero-order chi connectivity index (χ0) is 12.5. The van der Waals surface area contributed by atoms with Gasteiger partial charge in [-0.25, -0.2) is 4.31 Å². The first kappa shape index (κ1) is 11.9. The van der Waals surface area contributed by atoms with E-state index in [1.54, 1.807) is 31.4 Å². The van der Waals surface area contributed by atoms with E-state index < -0.39 is 16.1 Å². The second kappa shape index (κ2) is 4.34. The third-order valence-electron chi connectivity index (χ3n) is 2.46. The number of carbonyl (C=O) groups is 1. The Bertz CT molecular complexity index is 524. The van der Waals surface area contributed by atoms with E-state index in [0.29, 0.717) is 5.75 Å². The number of ether oxygens (including phenoxy) is 1. The summed E-state index contributed by atoms with van der Waals surface area (Å²) in [6.07, 6.45) is 0. The molecule has 1 aliphatic heterocycles. The van der Waals surface area contributed by atoms with E-state index in [1.807, 2.05) is 0 Å². The molecule has 1 N–H and O–H groups in total. The van der Waals surface area contributed by atoms with Crippen LogP contribution in [-0.4, -0.2) is 32.3 Å². The van der Waals surface area contributed by atoms with Crippen molar-refractivity contribution >= 4 is 16.1 Å². The first-order valence-electron chi connectivity index (χ1n) is 4.96. The summed E-state index contributed by atoms with van der Waals surface area (Å²) in [5, 5.41) is 0. The number of methoxy groups -OCH3 is 1. The highest BCUT2D eigenvalue weighted by Gasteiger charge is 2.34. The van der Waals surface area contributed by atoms with Gasteiger partial charge in [0.05, 0.1) is 20.2 Å². The van der Waals surface area contributed by atoms with Crippen molar-refractivity contribution in [3.8, 4) is 5.75 Å². The summed E-state index contributed by atoms with van der Waals surface area (Å²) in [6.45, 7) is -0.128. The Labute approximate surface area is 99.4 Å². The number of hydrogen-bond donors (Lipinski definition) is 1. The topological polar surface area (TPSA) is 75.7 Å². The molecule has 1 saturated heterocycles. The van der Waals surface area contributed by atoms with Gasteiger partial charge >= 0.3 is 10.2 Å². The van der Waals surface area contributed by atoms with Gasteiger partial charge in [-0.1, -0.05) is 12.1 Å². The van der Waals surface area contributed by atoms with Crippen LogP contribution in [-0.2, 0) is 21.5 Å². The Morgan fingerprint density at radius 3 is 2.47 bits per heavy atom. The predicted octanol–water partition coefficient (Wildman–Crippen LogP) is -0.128. The van der Waals surface area contributed by atoms with E-state index in [-0.39, 0.29) is 13.1 Å². The molecular weight excluding hydrogens is 244 g/mol. The summed E-state index contributed by atoms with van der Waals surface area (Å²) >= 11 is 0. The largest absolute Gasteiger partial charge is 0.497 e. The monoisotopic (exact) mass is 256 g/mol. The van der Waals surface area contributed by atoms with Crippen LogP contribution in [0.2, 0.25) is 0 Å². The van der Waals surface area contributed by atoms with Crippen LogP contribution < -0.4 is 9.46 Å². The van der Waals surface area contributed by atoms with E-state index in [2.05, 4.69) is 4.72 Å². The molecule has 6 nitrogen and oxygen atoms in total. The lowest BCUT2D eigenvalue weighted by atomic mass is 10.2. The van der Waals surface area contributed by atoms with Gasteiger partial charge in [-0.3, -0.25) is 4.79 Å². The van der Waals surface area contributed by atoms with Gasteiger partial charge in [-0.2, -0.15) is 13.1 Å². The number of nitrogens with one attached hydrogen (secondary N) is 1. The molecule has 0 aliphatic carbocycles. The van der Waals surface area contributed by atoms with Crippen LogP contribution >= 0.6 is 0 Å². The maximum atomic E-state index is 11.5. The molecule has 1 aliphatic rings. The molecule has 1 heterocycles. The first-order valence-corrected chi connectivity index (χ1v) is 6.40. The average molecular weight is 256 g/mol. The molecule has 0 spiro atoms. The number of amides is 1. The number of carbonyl (C=O) groups excluding carboxylic acids is 1. The number of nitrogens with zero attached hydrogens (tertiary/aromatic N) is 1. The van der Waals surface area contributed by atoms with Gasteiger partial charge in [0.15, 0.2) is 0 Å². The van der Waals surface area contributed by atoms with Crippen LogP contribution in [0, 0.1) is 0 Å². The lowest BCUT2D eigenvalue weighted by molar-refractivity contribution is -0.124. The van der Waals surface area contributed by atoms with Crippen LogP contribution in [0.3, 0.4) is 0 Å². The van der Waals surface area contributed by atoms with Crippen molar-refractivity contribution < 1.29 is 17.9 Å². The van der Waals surface area contributed by atoms with Crippen molar-refractivity contribution in [2.45, 2.75) is 6.54 Å². The Morgan fingerprint density at radius 1 is 1.35 bits per heavy atom. The summed E-state index contributed by atoms with van der Waals surface area (Å²) < 4.78 is 30.9.